The highest BCUT2D eigenvalue weighted by molar-refractivity contribution is 7.89. The lowest BCUT2D eigenvalue weighted by Gasteiger charge is -2.11. The highest BCUT2D eigenvalue weighted by Gasteiger charge is 2.15. The van der Waals surface area contributed by atoms with Gasteiger partial charge in [-0.3, -0.25) is 0 Å². The van der Waals surface area contributed by atoms with Crippen LogP contribution in [0.15, 0.2) is 23.1 Å². The van der Waals surface area contributed by atoms with E-state index in [0.717, 1.165) is 12.8 Å². The van der Waals surface area contributed by atoms with E-state index < -0.39 is 10.0 Å². The van der Waals surface area contributed by atoms with E-state index in [1.165, 1.54) is 12.1 Å². The maximum Gasteiger partial charge on any atom is 0.240 e. The van der Waals surface area contributed by atoms with Gasteiger partial charge in [-0.2, -0.15) is 0 Å². The van der Waals surface area contributed by atoms with Crippen LogP contribution in [0.25, 0.3) is 0 Å². The Morgan fingerprint density at radius 1 is 1.21 bits per heavy atom. The van der Waals surface area contributed by atoms with E-state index in [1.807, 2.05) is 0 Å². The zero-order valence-corrected chi connectivity index (χ0v) is 11.8. The first-order valence-corrected chi connectivity index (χ1v) is 7.63. The van der Waals surface area contributed by atoms with Gasteiger partial charge in [0, 0.05) is 6.61 Å². The molecule has 1 aromatic rings. The first-order valence-electron chi connectivity index (χ1n) is 6.08. The standard InChI is InChI=1S/C12H20N2O4S/c1-2-3-7-17-8-9-18-10-5-4-6-11(12(10)13)19(14,15)16/h4-6H,2-3,7-9,13H2,1H3,(H2,14,15,16). The van der Waals surface area contributed by atoms with Gasteiger partial charge in [0.2, 0.25) is 10.0 Å². The number of hydrogen-bond acceptors (Lipinski definition) is 5. The van der Waals surface area contributed by atoms with Gasteiger partial charge in [0.15, 0.2) is 0 Å². The number of benzene rings is 1. The third kappa shape index (κ3) is 5.06. The maximum absolute atomic E-state index is 11.3. The third-order valence-electron chi connectivity index (χ3n) is 2.46. The number of nitrogen functional groups attached to an aromatic ring is 1. The monoisotopic (exact) mass is 288 g/mol. The fraction of sp³-hybridized carbons (Fsp3) is 0.500. The number of ether oxygens (including phenoxy) is 2. The van der Waals surface area contributed by atoms with Crippen molar-refractivity contribution in [1.29, 1.82) is 0 Å². The summed E-state index contributed by atoms with van der Waals surface area (Å²) in [6.45, 7) is 3.51. The van der Waals surface area contributed by atoms with E-state index in [1.54, 1.807) is 6.07 Å². The summed E-state index contributed by atoms with van der Waals surface area (Å²) < 4.78 is 33.3. The van der Waals surface area contributed by atoms with Crippen molar-refractivity contribution >= 4 is 15.7 Å². The molecule has 0 aromatic heterocycles. The minimum atomic E-state index is -3.83. The smallest absolute Gasteiger partial charge is 0.240 e. The molecule has 0 saturated carbocycles. The Balaban J connectivity index is 2.56. The van der Waals surface area contributed by atoms with E-state index in [9.17, 15) is 8.42 Å². The van der Waals surface area contributed by atoms with Crippen LogP contribution in [0, 0.1) is 0 Å². The van der Waals surface area contributed by atoms with Gasteiger partial charge in [-0.05, 0) is 18.6 Å². The Kier molecular flexibility index (Phi) is 6.07. The number of para-hydroxylation sites is 1. The molecule has 0 spiro atoms. The summed E-state index contributed by atoms with van der Waals surface area (Å²) in [5.41, 5.74) is 5.73. The quantitative estimate of drug-likeness (QED) is 0.551. The second-order valence-electron chi connectivity index (χ2n) is 4.03. The Bertz CT molecular complexity index is 502. The van der Waals surface area contributed by atoms with Crippen molar-refractivity contribution in [3.05, 3.63) is 18.2 Å². The van der Waals surface area contributed by atoms with Gasteiger partial charge < -0.3 is 15.2 Å². The Morgan fingerprint density at radius 3 is 2.58 bits per heavy atom. The summed E-state index contributed by atoms with van der Waals surface area (Å²) in [5, 5.41) is 5.05. The van der Waals surface area contributed by atoms with Crippen molar-refractivity contribution in [3.63, 3.8) is 0 Å². The van der Waals surface area contributed by atoms with Gasteiger partial charge in [0.25, 0.3) is 0 Å². The molecular weight excluding hydrogens is 268 g/mol. The predicted octanol–water partition coefficient (Wildman–Crippen LogP) is 1.11. The van der Waals surface area contributed by atoms with E-state index in [0.29, 0.717) is 25.6 Å². The highest BCUT2D eigenvalue weighted by atomic mass is 32.2. The molecule has 7 heteroatoms. The largest absolute Gasteiger partial charge is 0.489 e. The van der Waals surface area contributed by atoms with E-state index >= 15 is 0 Å². The molecule has 0 aliphatic heterocycles. The SMILES string of the molecule is CCCCOCCOc1cccc(S(N)(=O)=O)c1N. The molecule has 0 amide bonds. The van der Waals surface area contributed by atoms with Crippen LogP contribution >= 0.6 is 0 Å². The number of nitrogens with two attached hydrogens (primary N) is 2. The molecule has 0 bridgehead atoms. The molecule has 0 radical (unpaired) electrons. The number of hydrogen-bond donors (Lipinski definition) is 2. The molecule has 0 aliphatic carbocycles. The Labute approximate surface area is 113 Å². The lowest BCUT2D eigenvalue weighted by atomic mass is 10.3. The summed E-state index contributed by atoms with van der Waals surface area (Å²) in [7, 11) is -3.83. The normalized spacial score (nSPS) is 11.5. The van der Waals surface area contributed by atoms with Crippen molar-refractivity contribution < 1.29 is 17.9 Å². The van der Waals surface area contributed by atoms with Crippen LogP contribution in [0.1, 0.15) is 19.8 Å². The number of rotatable bonds is 8. The second kappa shape index (κ2) is 7.32. The van der Waals surface area contributed by atoms with E-state index in [2.05, 4.69) is 6.92 Å². The molecule has 1 aromatic carbocycles. The van der Waals surface area contributed by atoms with Crippen molar-refractivity contribution in [1.82, 2.24) is 0 Å². The Morgan fingerprint density at radius 2 is 1.95 bits per heavy atom. The zero-order chi connectivity index (χ0) is 14.3. The number of sulfonamides is 1. The van der Waals surface area contributed by atoms with E-state index in [-0.39, 0.29) is 10.6 Å². The molecule has 1 rings (SSSR count). The summed E-state index contributed by atoms with van der Waals surface area (Å²) >= 11 is 0. The average molecular weight is 288 g/mol. The van der Waals surface area contributed by atoms with E-state index in [4.69, 9.17) is 20.3 Å². The summed E-state index contributed by atoms with van der Waals surface area (Å²) in [6.07, 6.45) is 2.08. The lowest BCUT2D eigenvalue weighted by molar-refractivity contribution is 0.0982. The van der Waals surface area contributed by atoms with Crippen LogP contribution in [-0.2, 0) is 14.8 Å². The Hall–Kier alpha value is -1.31. The van der Waals surface area contributed by atoms with Gasteiger partial charge in [-0.15, -0.1) is 0 Å². The maximum atomic E-state index is 11.3. The van der Waals surface area contributed by atoms with Crippen LogP contribution < -0.4 is 15.6 Å². The fourth-order valence-electron chi connectivity index (χ4n) is 1.46. The van der Waals surface area contributed by atoms with Gasteiger partial charge in [-0.1, -0.05) is 19.4 Å². The lowest BCUT2D eigenvalue weighted by Crippen LogP contribution is -2.15. The summed E-state index contributed by atoms with van der Waals surface area (Å²) in [5.74, 6) is 0.297. The molecule has 6 nitrogen and oxygen atoms in total. The third-order valence-corrected chi connectivity index (χ3v) is 3.43. The molecule has 0 aliphatic rings. The molecule has 0 atom stereocenters. The predicted molar refractivity (Wildman–Crippen MR) is 73.4 cm³/mol. The van der Waals surface area contributed by atoms with Gasteiger partial charge in [0.05, 0.1) is 12.3 Å². The van der Waals surface area contributed by atoms with Crippen molar-refractivity contribution in [2.45, 2.75) is 24.7 Å². The number of anilines is 1. The highest BCUT2D eigenvalue weighted by Crippen LogP contribution is 2.27. The van der Waals surface area contributed by atoms with Crippen LogP contribution in [0.5, 0.6) is 5.75 Å². The van der Waals surface area contributed by atoms with Crippen molar-refractivity contribution in [2.24, 2.45) is 5.14 Å². The second-order valence-corrected chi connectivity index (χ2v) is 5.56. The summed E-state index contributed by atoms with van der Waals surface area (Å²) in [6, 6.07) is 4.47. The molecule has 4 N–H and O–H groups in total. The van der Waals surface area contributed by atoms with Gasteiger partial charge in [-0.25, -0.2) is 13.6 Å². The van der Waals surface area contributed by atoms with Crippen molar-refractivity contribution in [2.75, 3.05) is 25.6 Å². The first kappa shape index (κ1) is 15.7. The van der Waals surface area contributed by atoms with Crippen LogP contribution in [0.3, 0.4) is 0 Å². The average Bonchev–Trinajstić information content (AvgIpc) is 2.34. The van der Waals surface area contributed by atoms with Crippen molar-refractivity contribution in [3.8, 4) is 5.75 Å². The topological polar surface area (TPSA) is 105 Å². The molecule has 0 fully saturated rings. The minimum absolute atomic E-state index is 0.0264. The first-order chi connectivity index (χ1) is 8.96. The molecular formula is C12H20N2O4S. The molecule has 19 heavy (non-hydrogen) atoms. The number of primary sulfonamides is 1. The molecule has 0 saturated heterocycles. The van der Waals surface area contributed by atoms with Crippen LogP contribution in [0.4, 0.5) is 5.69 Å². The molecule has 0 heterocycles. The zero-order valence-electron chi connectivity index (χ0n) is 11.0. The minimum Gasteiger partial charge on any atom is -0.489 e. The molecule has 0 unspecified atom stereocenters. The number of unbranched alkanes of at least 4 members (excludes halogenated alkanes) is 1. The van der Waals surface area contributed by atoms with Crippen LogP contribution in [0.2, 0.25) is 0 Å². The molecule has 108 valence electrons. The summed E-state index contributed by atoms with van der Waals surface area (Å²) in [4.78, 5) is -0.128. The van der Waals surface area contributed by atoms with Crippen LogP contribution in [-0.4, -0.2) is 28.2 Å². The van der Waals surface area contributed by atoms with Gasteiger partial charge >= 0.3 is 0 Å². The fourth-order valence-corrected chi connectivity index (χ4v) is 2.13. The van der Waals surface area contributed by atoms with Gasteiger partial charge in [0.1, 0.15) is 17.3 Å².